The SMILES string of the molecule is CC(C)CC(=O)Nc1ccc(C(=O)COC(=O)C(C)C)cc1. The molecule has 0 heterocycles. The van der Waals surface area contributed by atoms with Crippen molar-refractivity contribution in [3.8, 4) is 0 Å². The van der Waals surface area contributed by atoms with Gasteiger partial charge in [-0.25, -0.2) is 0 Å². The fourth-order valence-electron chi connectivity index (χ4n) is 1.71. The Labute approximate surface area is 131 Å². The van der Waals surface area contributed by atoms with E-state index in [1.807, 2.05) is 13.8 Å². The summed E-state index contributed by atoms with van der Waals surface area (Å²) in [6.07, 6.45) is 0.450. The Balaban J connectivity index is 2.55. The van der Waals surface area contributed by atoms with Gasteiger partial charge in [0.15, 0.2) is 12.4 Å². The highest BCUT2D eigenvalue weighted by molar-refractivity contribution is 5.98. The van der Waals surface area contributed by atoms with E-state index in [-0.39, 0.29) is 30.1 Å². The van der Waals surface area contributed by atoms with Crippen LogP contribution in [-0.4, -0.2) is 24.3 Å². The monoisotopic (exact) mass is 305 g/mol. The molecule has 1 rings (SSSR count). The van der Waals surface area contributed by atoms with Crippen molar-refractivity contribution in [3.05, 3.63) is 29.8 Å². The number of Topliss-reactive ketones (excluding diaryl/α,β-unsaturated/α-hetero) is 1. The topological polar surface area (TPSA) is 72.5 Å². The Morgan fingerprint density at radius 3 is 2.14 bits per heavy atom. The molecule has 22 heavy (non-hydrogen) atoms. The van der Waals surface area contributed by atoms with Crippen LogP contribution in [0.3, 0.4) is 0 Å². The Hall–Kier alpha value is -2.17. The molecule has 1 aromatic carbocycles. The second-order valence-electron chi connectivity index (χ2n) is 5.91. The number of carbonyl (C=O) groups is 3. The van der Waals surface area contributed by atoms with Crippen molar-refractivity contribution in [2.24, 2.45) is 11.8 Å². The highest BCUT2D eigenvalue weighted by Gasteiger charge is 2.13. The molecule has 0 saturated heterocycles. The van der Waals surface area contributed by atoms with Crippen molar-refractivity contribution in [2.75, 3.05) is 11.9 Å². The van der Waals surface area contributed by atoms with Crippen LogP contribution in [0.1, 0.15) is 44.5 Å². The highest BCUT2D eigenvalue weighted by atomic mass is 16.5. The lowest BCUT2D eigenvalue weighted by atomic mass is 10.1. The lowest BCUT2D eigenvalue weighted by Crippen LogP contribution is -2.18. The van der Waals surface area contributed by atoms with Crippen LogP contribution >= 0.6 is 0 Å². The molecule has 0 unspecified atom stereocenters. The number of hydrogen-bond donors (Lipinski definition) is 1. The van der Waals surface area contributed by atoms with Crippen LogP contribution in [0, 0.1) is 11.8 Å². The number of ketones is 1. The van der Waals surface area contributed by atoms with Crippen LogP contribution in [0.5, 0.6) is 0 Å². The zero-order chi connectivity index (χ0) is 16.7. The van der Waals surface area contributed by atoms with Gasteiger partial charge < -0.3 is 10.1 Å². The lowest BCUT2D eigenvalue weighted by Gasteiger charge is -2.09. The number of rotatable bonds is 7. The number of hydrogen-bond acceptors (Lipinski definition) is 4. The summed E-state index contributed by atoms with van der Waals surface area (Å²) in [4.78, 5) is 34.9. The average molecular weight is 305 g/mol. The van der Waals surface area contributed by atoms with Gasteiger partial charge in [-0.3, -0.25) is 14.4 Å². The minimum atomic E-state index is -0.397. The maximum Gasteiger partial charge on any atom is 0.308 e. The minimum absolute atomic E-state index is 0.0556. The van der Waals surface area contributed by atoms with Gasteiger partial charge in [-0.2, -0.15) is 0 Å². The molecule has 1 aromatic rings. The zero-order valence-electron chi connectivity index (χ0n) is 13.5. The highest BCUT2D eigenvalue weighted by Crippen LogP contribution is 2.12. The summed E-state index contributed by atoms with van der Waals surface area (Å²) in [6.45, 7) is 7.10. The van der Waals surface area contributed by atoms with E-state index in [0.29, 0.717) is 17.7 Å². The molecule has 0 fully saturated rings. The summed E-state index contributed by atoms with van der Waals surface area (Å²) in [7, 11) is 0. The van der Waals surface area contributed by atoms with Gasteiger partial charge in [0.1, 0.15) is 0 Å². The predicted molar refractivity (Wildman–Crippen MR) is 84.7 cm³/mol. The van der Waals surface area contributed by atoms with Crippen LogP contribution in [0.4, 0.5) is 5.69 Å². The van der Waals surface area contributed by atoms with Crippen molar-refractivity contribution >= 4 is 23.3 Å². The van der Waals surface area contributed by atoms with E-state index in [1.165, 1.54) is 0 Å². The average Bonchev–Trinajstić information content (AvgIpc) is 2.44. The standard InChI is InChI=1S/C17H23NO4/c1-11(2)9-16(20)18-14-7-5-13(6-8-14)15(19)10-22-17(21)12(3)4/h5-8,11-12H,9-10H2,1-4H3,(H,18,20). The third-order valence-electron chi connectivity index (χ3n) is 2.90. The van der Waals surface area contributed by atoms with E-state index in [9.17, 15) is 14.4 Å². The van der Waals surface area contributed by atoms with Gasteiger partial charge in [0.05, 0.1) is 5.92 Å². The number of esters is 1. The van der Waals surface area contributed by atoms with E-state index in [0.717, 1.165) is 0 Å². The summed E-state index contributed by atoms with van der Waals surface area (Å²) in [5.74, 6) is -0.692. The van der Waals surface area contributed by atoms with Crippen LogP contribution in [0.2, 0.25) is 0 Å². The number of anilines is 1. The largest absolute Gasteiger partial charge is 0.457 e. The summed E-state index contributed by atoms with van der Waals surface area (Å²) in [5, 5.41) is 2.77. The molecule has 5 nitrogen and oxygen atoms in total. The van der Waals surface area contributed by atoms with Crippen molar-refractivity contribution in [1.29, 1.82) is 0 Å². The minimum Gasteiger partial charge on any atom is -0.457 e. The van der Waals surface area contributed by atoms with E-state index >= 15 is 0 Å². The number of amides is 1. The first-order valence-corrected chi connectivity index (χ1v) is 7.39. The van der Waals surface area contributed by atoms with Gasteiger partial charge in [0.2, 0.25) is 5.91 Å². The normalized spacial score (nSPS) is 10.6. The van der Waals surface area contributed by atoms with Crippen molar-refractivity contribution < 1.29 is 19.1 Å². The quantitative estimate of drug-likeness (QED) is 0.620. The van der Waals surface area contributed by atoms with E-state index in [4.69, 9.17) is 4.74 Å². The molecule has 0 bridgehead atoms. The predicted octanol–water partition coefficient (Wildman–Crippen LogP) is 3.05. The summed E-state index contributed by atoms with van der Waals surface area (Å²) < 4.78 is 4.90. The maximum absolute atomic E-state index is 11.9. The number of carbonyl (C=O) groups excluding carboxylic acids is 3. The molecule has 0 aliphatic heterocycles. The molecule has 0 aromatic heterocycles. The molecule has 1 amide bonds. The fourth-order valence-corrected chi connectivity index (χ4v) is 1.71. The lowest BCUT2D eigenvalue weighted by molar-refractivity contribution is -0.146. The van der Waals surface area contributed by atoms with Crippen LogP contribution in [0.15, 0.2) is 24.3 Å². The Kier molecular flexibility index (Phi) is 6.76. The molecule has 5 heteroatoms. The van der Waals surface area contributed by atoms with Crippen LogP contribution in [-0.2, 0) is 14.3 Å². The van der Waals surface area contributed by atoms with Gasteiger partial charge in [-0.1, -0.05) is 27.7 Å². The van der Waals surface area contributed by atoms with Crippen molar-refractivity contribution in [3.63, 3.8) is 0 Å². The molecule has 1 N–H and O–H groups in total. The van der Waals surface area contributed by atoms with E-state index < -0.39 is 5.97 Å². The second-order valence-corrected chi connectivity index (χ2v) is 5.91. The molecule has 0 aliphatic carbocycles. The smallest absolute Gasteiger partial charge is 0.308 e. The third kappa shape index (κ3) is 6.08. The van der Waals surface area contributed by atoms with Crippen molar-refractivity contribution in [1.82, 2.24) is 0 Å². The summed E-state index contributed by atoms with van der Waals surface area (Å²) in [6, 6.07) is 6.54. The van der Waals surface area contributed by atoms with Crippen LogP contribution in [0.25, 0.3) is 0 Å². The van der Waals surface area contributed by atoms with Gasteiger partial charge in [-0.15, -0.1) is 0 Å². The Morgan fingerprint density at radius 1 is 1.05 bits per heavy atom. The Bertz CT molecular complexity index is 532. The molecular weight excluding hydrogens is 282 g/mol. The molecule has 0 radical (unpaired) electrons. The first kappa shape index (κ1) is 17.9. The molecule has 0 saturated carbocycles. The van der Waals surface area contributed by atoms with Gasteiger partial charge in [0, 0.05) is 17.7 Å². The Morgan fingerprint density at radius 2 is 1.64 bits per heavy atom. The first-order chi connectivity index (χ1) is 10.3. The molecule has 0 spiro atoms. The number of ether oxygens (including phenoxy) is 1. The van der Waals surface area contributed by atoms with Gasteiger partial charge >= 0.3 is 5.97 Å². The molecule has 120 valence electrons. The third-order valence-corrected chi connectivity index (χ3v) is 2.90. The zero-order valence-corrected chi connectivity index (χ0v) is 13.5. The van der Waals surface area contributed by atoms with Gasteiger partial charge in [0.25, 0.3) is 0 Å². The fraction of sp³-hybridized carbons (Fsp3) is 0.471. The molecule has 0 aliphatic rings. The maximum atomic E-state index is 11.9. The van der Waals surface area contributed by atoms with Gasteiger partial charge in [-0.05, 0) is 30.2 Å². The molecular formula is C17H23NO4. The summed E-state index contributed by atoms with van der Waals surface area (Å²) in [5.41, 5.74) is 1.08. The van der Waals surface area contributed by atoms with E-state index in [1.54, 1.807) is 38.1 Å². The van der Waals surface area contributed by atoms with Crippen molar-refractivity contribution in [2.45, 2.75) is 34.1 Å². The second kappa shape index (κ2) is 8.32. The molecule has 0 atom stereocenters. The first-order valence-electron chi connectivity index (χ1n) is 7.39. The number of benzene rings is 1. The summed E-state index contributed by atoms with van der Waals surface area (Å²) >= 11 is 0. The van der Waals surface area contributed by atoms with E-state index in [2.05, 4.69) is 5.32 Å². The number of nitrogens with one attached hydrogen (secondary N) is 1. The van der Waals surface area contributed by atoms with Crippen LogP contribution < -0.4 is 5.32 Å².